The quantitative estimate of drug-likeness (QED) is 0.702. The van der Waals surface area contributed by atoms with Crippen molar-refractivity contribution >= 4 is 11.9 Å². The van der Waals surface area contributed by atoms with Crippen LogP contribution in [0.5, 0.6) is 0 Å². The molecule has 0 radical (unpaired) electrons. The van der Waals surface area contributed by atoms with Gasteiger partial charge in [0.2, 0.25) is 0 Å². The molecule has 1 aromatic heterocycles. The molecule has 0 fully saturated rings. The SMILES string of the molecule is O=C([O-])[C@@H]1c2ccccc2C(=O)N(Cc2ccc(F)cc2)[C@H]1c1cccnc1. The van der Waals surface area contributed by atoms with Gasteiger partial charge >= 0.3 is 0 Å². The summed E-state index contributed by atoms with van der Waals surface area (Å²) in [5.74, 6) is -2.97. The number of benzene rings is 2. The summed E-state index contributed by atoms with van der Waals surface area (Å²) < 4.78 is 13.3. The number of aromatic nitrogens is 1. The molecule has 2 heterocycles. The molecule has 140 valence electrons. The molecule has 0 saturated heterocycles. The molecule has 3 aromatic rings. The molecular weight excluding hydrogens is 359 g/mol. The summed E-state index contributed by atoms with van der Waals surface area (Å²) in [6.45, 7) is 0.136. The third-order valence-corrected chi connectivity index (χ3v) is 4.98. The molecule has 0 N–H and O–H groups in total. The highest BCUT2D eigenvalue weighted by atomic mass is 19.1. The second-order valence-corrected chi connectivity index (χ2v) is 6.67. The van der Waals surface area contributed by atoms with Gasteiger partial charge in [0.1, 0.15) is 5.82 Å². The van der Waals surface area contributed by atoms with Crippen molar-refractivity contribution in [2.45, 2.75) is 18.5 Å². The van der Waals surface area contributed by atoms with E-state index in [1.807, 2.05) is 0 Å². The number of carboxylic acids is 1. The summed E-state index contributed by atoms with van der Waals surface area (Å²) in [5, 5.41) is 12.1. The van der Waals surface area contributed by atoms with E-state index in [0.717, 1.165) is 0 Å². The lowest BCUT2D eigenvalue weighted by atomic mass is 9.80. The average molecular weight is 375 g/mol. The summed E-state index contributed by atoms with van der Waals surface area (Å²) in [6, 6.07) is 15.1. The maximum Gasteiger partial charge on any atom is 0.255 e. The minimum Gasteiger partial charge on any atom is -0.549 e. The number of nitrogens with zero attached hydrogens (tertiary/aromatic N) is 2. The Kier molecular flexibility index (Phi) is 4.61. The van der Waals surface area contributed by atoms with E-state index in [1.54, 1.807) is 60.9 Å². The number of fused-ring (bicyclic) bond motifs is 1. The predicted molar refractivity (Wildman–Crippen MR) is 97.4 cm³/mol. The third kappa shape index (κ3) is 3.13. The Morgan fingerprint density at radius 2 is 1.82 bits per heavy atom. The van der Waals surface area contributed by atoms with Gasteiger partial charge in [0.05, 0.1) is 12.0 Å². The van der Waals surface area contributed by atoms with Gasteiger partial charge in [-0.1, -0.05) is 36.4 Å². The molecule has 5 nitrogen and oxygen atoms in total. The van der Waals surface area contributed by atoms with Crippen molar-refractivity contribution in [3.8, 4) is 0 Å². The Bertz CT molecular complexity index is 1020. The zero-order valence-electron chi connectivity index (χ0n) is 14.8. The van der Waals surface area contributed by atoms with Gasteiger partial charge in [0.25, 0.3) is 5.91 Å². The van der Waals surface area contributed by atoms with Gasteiger partial charge < -0.3 is 14.8 Å². The summed E-state index contributed by atoms with van der Waals surface area (Å²) in [6.07, 6.45) is 3.14. The molecule has 1 aliphatic heterocycles. The first-order valence-electron chi connectivity index (χ1n) is 8.81. The molecular formula is C22H16FN2O3-. The molecule has 0 unspecified atom stereocenters. The highest BCUT2D eigenvalue weighted by Crippen LogP contribution is 2.42. The first kappa shape index (κ1) is 17.9. The van der Waals surface area contributed by atoms with Crippen LogP contribution in [-0.4, -0.2) is 21.8 Å². The second kappa shape index (κ2) is 7.23. The Hall–Kier alpha value is -3.54. The van der Waals surface area contributed by atoms with E-state index in [2.05, 4.69) is 4.98 Å². The van der Waals surface area contributed by atoms with Crippen LogP contribution < -0.4 is 5.11 Å². The van der Waals surface area contributed by atoms with Crippen molar-refractivity contribution in [2.75, 3.05) is 0 Å². The lowest BCUT2D eigenvalue weighted by Crippen LogP contribution is -2.47. The van der Waals surface area contributed by atoms with E-state index in [4.69, 9.17) is 0 Å². The normalized spacial score (nSPS) is 18.6. The van der Waals surface area contributed by atoms with E-state index in [9.17, 15) is 19.1 Å². The number of hydrogen-bond acceptors (Lipinski definition) is 4. The van der Waals surface area contributed by atoms with Gasteiger partial charge in [-0.2, -0.15) is 0 Å². The van der Waals surface area contributed by atoms with Crippen molar-refractivity contribution in [3.05, 3.63) is 101 Å². The Labute approximate surface area is 161 Å². The van der Waals surface area contributed by atoms with Gasteiger partial charge in [0, 0.05) is 30.4 Å². The number of rotatable bonds is 4. The maximum absolute atomic E-state index is 13.3. The predicted octanol–water partition coefficient (Wildman–Crippen LogP) is 2.45. The molecule has 4 rings (SSSR count). The summed E-state index contributed by atoms with van der Waals surface area (Å²) >= 11 is 0. The van der Waals surface area contributed by atoms with Gasteiger partial charge in [-0.3, -0.25) is 9.78 Å². The average Bonchev–Trinajstić information content (AvgIpc) is 2.71. The monoisotopic (exact) mass is 375 g/mol. The number of carbonyl (C=O) groups is 2. The number of halogens is 1. The number of aliphatic carboxylic acids is 1. The second-order valence-electron chi connectivity index (χ2n) is 6.67. The van der Waals surface area contributed by atoms with Crippen molar-refractivity contribution in [1.29, 1.82) is 0 Å². The Balaban J connectivity index is 1.86. The Morgan fingerprint density at radius 3 is 2.50 bits per heavy atom. The summed E-state index contributed by atoms with van der Waals surface area (Å²) in [7, 11) is 0. The lowest BCUT2D eigenvalue weighted by molar-refractivity contribution is -0.309. The van der Waals surface area contributed by atoms with Gasteiger partial charge in [-0.05, 0) is 41.0 Å². The molecule has 0 bridgehead atoms. The van der Waals surface area contributed by atoms with E-state index < -0.39 is 17.9 Å². The molecule has 6 heteroatoms. The van der Waals surface area contributed by atoms with Crippen molar-refractivity contribution < 1.29 is 19.1 Å². The topological polar surface area (TPSA) is 73.3 Å². The van der Waals surface area contributed by atoms with Crippen LogP contribution in [0.4, 0.5) is 4.39 Å². The van der Waals surface area contributed by atoms with E-state index >= 15 is 0 Å². The number of amides is 1. The van der Waals surface area contributed by atoms with Crippen LogP contribution in [0, 0.1) is 5.82 Å². The minimum absolute atomic E-state index is 0.136. The first-order valence-corrected chi connectivity index (χ1v) is 8.81. The minimum atomic E-state index is -1.27. The van der Waals surface area contributed by atoms with Crippen LogP contribution >= 0.6 is 0 Å². The van der Waals surface area contributed by atoms with Crippen LogP contribution in [0.25, 0.3) is 0 Å². The highest BCUT2D eigenvalue weighted by Gasteiger charge is 2.41. The number of carboxylic acid groups (broad SMARTS) is 1. The molecule has 1 aliphatic rings. The van der Waals surface area contributed by atoms with E-state index in [-0.39, 0.29) is 18.3 Å². The molecule has 28 heavy (non-hydrogen) atoms. The van der Waals surface area contributed by atoms with E-state index in [0.29, 0.717) is 22.3 Å². The van der Waals surface area contributed by atoms with Gasteiger partial charge in [-0.25, -0.2) is 4.39 Å². The van der Waals surface area contributed by atoms with Crippen LogP contribution in [0.3, 0.4) is 0 Å². The zero-order valence-corrected chi connectivity index (χ0v) is 14.8. The Morgan fingerprint density at radius 1 is 1.07 bits per heavy atom. The van der Waals surface area contributed by atoms with Crippen LogP contribution in [0.2, 0.25) is 0 Å². The van der Waals surface area contributed by atoms with Crippen LogP contribution in [0.1, 0.15) is 39.0 Å². The maximum atomic E-state index is 13.3. The van der Waals surface area contributed by atoms with Gasteiger partial charge in [0.15, 0.2) is 0 Å². The smallest absolute Gasteiger partial charge is 0.255 e. The van der Waals surface area contributed by atoms with Crippen LogP contribution in [0.15, 0.2) is 73.1 Å². The molecule has 0 saturated carbocycles. The van der Waals surface area contributed by atoms with Crippen molar-refractivity contribution in [1.82, 2.24) is 9.88 Å². The zero-order chi connectivity index (χ0) is 19.7. The molecule has 1 amide bonds. The molecule has 0 aliphatic carbocycles. The highest BCUT2D eigenvalue weighted by molar-refractivity contribution is 6.00. The molecule has 2 atom stereocenters. The fourth-order valence-electron chi connectivity index (χ4n) is 3.73. The fourth-order valence-corrected chi connectivity index (χ4v) is 3.73. The number of pyridine rings is 1. The van der Waals surface area contributed by atoms with Crippen molar-refractivity contribution in [2.24, 2.45) is 0 Å². The van der Waals surface area contributed by atoms with Gasteiger partial charge in [-0.15, -0.1) is 0 Å². The molecule has 2 aromatic carbocycles. The van der Waals surface area contributed by atoms with Crippen molar-refractivity contribution in [3.63, 3.8) is 0 Å². The largest absolute Gasteiger partial charge is 0.549 e. The van der Waals surface area contributed by atoms with Crippen LogP contribution in [-0.2, 0) is 11.3 Å². The number of carbonyl (C=O) groups excluding carboxylic acids is 2. The first-order chi connectivity index (χ1) is 13.6. The third-order valence-electron chi connectivity index (χ3n) is 4.98. The fraction of sp³-hybridized carbons (Fsp3) is 0.136. The number of hydrogen-bond donors (Lipinski definition) is 0. The lowest BCUT2D eigenvalue weighted by Gasteiger charge is -2.42. The molecule has 0 spiro atoms. The summed E-state index contributed by atoms with van der Waals surface area (Å²) in [5.41, 5.74) is 2.05. The summed E-state index contributed by atoms with van der Waals surface area (Å²) in [4.78, 5) is 31.0. The van der Waals surface area contributed by atoms with E-state index in [1.165, 1.54) is 17.0 Å². The standard InChI is InChI=1S/C22H17FN2O3/c23-16-9-7-14(8-10-16)13-25-20(15-4-3-11-24-12-15)19(22(27)28)17-5-1-2-6-18(17)21(25)26/h1-12,19-20H,13H2,(H,27,28)/p-1/t19-,20+/m1/s1.